The topological polar surface area (TPSA) is 106 Å². The zero-order valence-corrected chi connectivity index (χ0v) is 27.0. The number of amidine groups is 2. The zero-order valence-electron chi connectivity index (χ0n) is 27.0. The van der Waals surface area contributed by atoms with E-state index in [0.717, 1.165) is 24.9 Å². The number of hydrogen-bond donors (Lipinski definition) is 3. The number of carbonyl (C=O) groups excluding carboxylic acids is 1. The van der Waals surface area contributed by atoms with Gasteiger partial charge >= 0.3 is 0 Å². The Kier molecular flexibility index (Phi) is 17.4. The van der Waals surface area contributed by atoms with Gasteiger partial charge in [0.25, 0.3) is 0 Å². The molecule has 0 heterocycles. The maximum Gasteiger partial charge on any atom is 0.193 e. The van der Waals surface area contributed by atoms with Crippen LogP contribution in [0.3, 0.4) is 0 Å². The molecule has 0 bridgehead atoms. The van der Waals surface area contributed by atoms with Crippen molar-refractivity contribution in [2.24, 2.45) is 27.4 Å². The molecule has 0 saturated heterocycles. The molecule has 0 aromatic heterocycles. The Hall–Kier alpha value is -3.77. The van der Waals surface area contributed by atoms with Gasteiger partial charge in [0.15, 0.2) is 5.78 Å². The molecule has 228 valence electrons. The minimum absolute atomic E-state index is 0.0110. The van der Waals surface area contributed by atoms with Crippen LogP contribution >= 0.6 is 0 Å². The first kappa shape index (κ1) is 36.3. The van der Waals surface area contributed by atoms with E-state index >= 15 is 0 Å². The van der Waals surface area contributed by atoms with Gasteiger partial charge < -0.3 is 16.8 Å². The maximum atomic E-state index is 12.6. The highest BCUT2D eigenvalue weighted by Gasteiger charge is 2.14. The second-order valence-electron chi connectivity index (χ2n) is 10.5. The summed E-state index contributed by atoms with van der Waals surface area (Å²) in [5.41, 5.74) is 16.9. The van der Waals surface area contributed by atoms with E-state index in [2.05, 4.69) is 60.3 Å². The molecular weight excluding hydrogens is 518 g/mol. The largest absolute Gasteiger partial charge is 0.387 e. The monoisotopic (exact) mass is 571 g/mol. The standard InChI is InChI=1S/C20H25N3O.C14H22N2.C2H6/c1-15(20(21)23-13-7-12-22-2)17-10-6-11-18(14-17)19(24)16-8-4-3-5-9-16;1-10(2)9-12-5-7-13(8-6-12)11(3)14(15)16-4;1-2/h3-6,8-11,14-15,22H,7,12-13H2,1-2H3,(H2,21,23);5-8,10-11H,9H2,1-4H3,(H2,15,16);1-2H3. The number of rotatable bonds is 12. The summed E-state index contributed by atoms with van der Waals surface area (Å²) in [6.07, 6.45) is 2.09. The quantitative estimate of drug-likeness (QED) is 0.0943. The van der Waals surface area contributed by atoms with E-state index < -0.39 is 0 Å². The summed E-state index contributed by atoms with van der Waals surface area (Å²) in [6, 6.07) is 25.6. The van der Waals surface area contributed by atoms with Crippen molar-refractivity contribution in [1.82, 2.24) is 5.32 Å². The molecular formula is C36H53N5O. The van der Waals surface area contributed by atoms with E-state index in [-0.39, 0.29) is 17.6 Å². The second-order valence-corrected chi connectivity index (χ2v) is 10.5. The van der Waals surface area contributed by atoms with Gasteiger partial charge in [-0.1, -0.05) is 114 Å². The van der Waals surface area contributed by atoms with Crippen LogP contribution in [0.15, 0.2) is 88.8 Å². The smallest absolute Gasteiger partial charge is 0.193 e. The van der Waals surface area contributed by atoms with E-state index in [1.165, 1.54) is 11.1 Å². The lowest BCUT2D eigenvalue weighted by Gasteiger charge is -2.13. The highest BCUT2D eigenvalue weighted by Crippen LogP contribution is 2.20. The first-order valence-corrected chi connectivity index (χ1v) is 15.1. The van der Waals surface area contributed by atoms with Gasteiger partial charge in [-0.05, 0) is 55.1 Å². The molecule has 2 atom stereocenters. The van der Waals surface area contributed by atoms with Crippen LogP contribution in [0.2, 0.25) is 0 Å². The third-order valence-corrected chi connectivity index (χ3v) is 6.83. The molecule has 0 aliphatic carbocycles. The zero-order chi connectivity index (χ0) is 31.5. The molecule has 0 aliphatic rings. The van der Waals surface area contributed by atoms with E-state index in [1.807, 2.05) is 82.4 Å². The average molecular weight is 572 g/mol. The van der Waals surface area contributed by atoms with Gasteiger partial charge in [0.1, 0.15) is 11.7 Å². The van der Waals surface area contributed by atoms with Gasteiger partial charge in [0.2, 0.25) is 0 Å². The van der Waals surface area contributed by atoms with E-state index in [4.69, 9.17) is 11.5 Å². The van der Waals surface area contributed by atoms with Crippen LogP contribution in [0.1, 0.15) is 92.4 Å². The highest BCUT2D eigenvalue weighted by molar-refractivity contribution is 6.09. The normalized spacial score (nSPS) is 12.9. The number of benzene rings is 3. The summed E-state index contributed by atoms with van der Waals surface area (Å²) in [5.74, 6) is 2.22. The Morgan fingerprint density at radius 2 is 1.38 bits per heavy atom. The van der Waals surface area contributed by atoms with Crippen LogP contribution in [0.25, 0.3) is 0 Å². The van der Waals surface area contributed by atoms with Crippen LogP contribution in [0.5, 0.6) is 0 Å². The minimum atomic E-state index is -0.0110. The Balaban J connectivity index is 0.000000426. The molecule has 2 unspecified atom stereocenters. The van der Waals surface area contributed by atoms with Crippen molar-refractivity contribution in [2.45, 2.75) is 66.2 Å². The maximum absolute atomic E-state index is 12.6. The number of aliphatic imine (C=N–C) groups is 2. The Bertz CT molecular complexity index is 1230. The first-order valence-electron chi connectivity index (χ1n) is 15.1. The van der Waals surface area contributed by atoms with Crippen molar-refractivity contribution in [2.75, 3.05) is 27.2 Å². The fourth-order valence-electron chi connectivity index (χ4n) is 4.26. The van der Waals surface area contributed by atoms with Crippen molar-refractivity contribution >= 4 is 17.5 Å². The van der Waals surface area contributed by atoms with Crippen LogP contribution in [0.4, 0.5) is 0 Å². The second kappa shape index (κ2) is 20.2. The number of hydrogen-bond acceptors (Lipinski definition) is 4. The number of nitrogens with one attached hydrogen (secondary N) is 1. The Labute approximate surface area is 254 Å². The predicted octanol–water partition coefficient (Wildman–Crippen LogP) is 6.99. The third kappa shape index (κ3) is 12.4. The van der Waals surface area contributed by atoms with Gasteiger partial charge in [-0.25, -0.2) is 0 Å². The number of nitrogens with zero attached hydrogens (tertiary/aromatic N) is 2. The molecule has 0 amide bonds. The lowest BCUT2D eigenvalue weighted by Crippen LogP contribution is -2.21. The van der Waals surface area contributed by atoms with Gasteiger partial charge in [-0.15, -0.1) is 0 Å². The summed E-state index contributed by atoms with van der Waals surface area (Å²) in [6.45, 7) is 14.2. The summed E-state index contributed by atoms with van der Waals surface area (Å²) >= 11 is 0. The average Bonchev–Trinajstić information content (AvgIpc) is 3.03. The number of carbonyl (C=O) groups is 1. The molecule has 0 fully saturated rings. The van der Waals surface area contributed by atoms with Crippen molar-refractivity contribution in [1.29, 1.82) is 0 Å². The number of nitrogens with two attached hydrogens (primary N) is 2. The lowest BCUT2D eigenvalue weighted by molar-refractivity contribution is 0.103. The summed E-state index contributed by atoms with van der Waals surface area (Å²) in [4.78, 5) is 21.0. The SMILES string of the molecule is CC.CN=C(N)C(C)c1ccc(CC(C)C)cc1.CNCCCN=C(N)C(C)c1cccc(C(=O)c2ccccc2)c1. The third-order valence-electron chi connectivity index (χ3n) is 6.83. The molecule has 0 saturated carbocycles. The summed E-state index contributed by atoms with van der Waals surface area (Å²) in [7, 11) is 3.66. The van der Waals surface area contributed by atoms with Crippen molar-refractivity contribution in [3.05, 3.63) is 107 Å². The van der Waals surface area contributed by atoms with Gasteiger partial charge in [0.05, 0.1) is 0 Å². The number of ketones is 1. The fourth-order valence-corrected chi connectivity index (χ4v) is 4.26. The van der Waals surface area contributed by atoms with E-state index in [1.54, 1.807) is 7.05 Å². The van der Waals surface area contributed by atoms with Gasteiger partial charge in [-0.3, -0.25) is 14.8 Å². The van der Waals surface area contributed by atoms with Crippen molar-refractivity contribution < 1.29 is 4.79 Å². The van der Waals surface area contributed by atoms with Crippen molar-refractivity contribution in [3.8, 4) is 0 Å². The first-order chi connectivity index (χ1) is 20.2. The molecule has 5 N–H and O–H groups in total. The molecule has 3 aromatic carbocycles. The van der Waals surface area contributed by atoms with Crippen molar-refractivity contribution in [3.63, 3.8) is 0 Å². The minimum Gasteiger partial charge on any atom is -0.387 e. The van der Waals surface area contributed by atoms with Crippen LogP contribution < -0.4 is 16.8 Å². The summed E-state index contributed by atoms with van der Waals surface area (Å²) < 4.78 is 0. The van der Waals surface area contributed by atoms with E-state index in [9.17, 15) is 4.79 Å². The Morgan fingerprint density at radius 3 is 1.95 bits per heavy atom. The molecule has 42 heavy (non-hydrogen) atoms. The summed E-state index contributed by atoms with van der Waals surface area (Å²) in [5, 5.41) is 3.09. The van der Waals surface area contributed by atoms with Crippen LogP contribution in [-0.4, -0.2) is 44.6 Å². The molecule has 0 radical (unpaired) electrons. The van der Waals surface area contributed by atoms with Crippen LogP contribution in [0, 0.1) is 5.92 Å². The van der Waals surface area contributed by atoms with E-state index in [0.29, 0.717) is 35.3 Å². The molecule has 3 aromatic rings. The lowest BCUT2D eigenvalue weighted by atomic mass is 9.95. The highest BCUT2D eigenvalue weighted by atomic mass is 16.1. The molecule has 0 aliphatic heterocycles. The Morgan fingerprint density at radius 1 is 0.786 bits per heavy atom. The van der Waals surface area contributed by atoms with Gasteiger partial charge in [0, 0.05) is 36.6 Å². The van der Waals surface area contributed by atoms with Crippen LogP contribution in [-0.2, 0) is 6.42 Å². The molecule has 3 rings (SSSR count). The molecule has 6 nitrogen and oxygen atoms in total. The molecule has 6 heteroatoms. The molecule has 0 spiro atoms. The van der Waals surface area contributed by atoms with Gasteiger partial charge in [-0.2, -0.15) is 0 Å². The predicted molar refractivity (Wildman–Crippen MR) is 182 cm³/mol. The fraction of sp³-hybridized carbons (Fsp3) is 0.417.